The molecule has 0 fully saturated rings. The van der Waals surface area contributed by atoms with Crippen LogP contribution < -0.4 is 9.64 Å². The van der Waals surface area contributed by atoms with Gasteiger partial charge < -0.3 is 14.4 Å². The van der Waals surface area contributed by atoms with Gasteiger partial charge in [-0.05, 0) is 49.2 Å². The maximum Gasteiger partial charge on any atom is 0.344 e. The molecule has 0 aliphatic heterocycles. The first kappa shape index (κ1) is 17.5. The van der Waals surface area contributed by atoms with Crippen molar-refractivity contribution in [2.45, 2.75) is 13.8 Å². The highest BCUT2D eigenvalue weighted by Gasteiger charge is 2.14. The van der Waals surface area contributed by atoms with Crippen molar-refractivity contribution < 1.29 is 19.1 Å². The number of ether oxygens (including phenoxy) is 2. The normalized spacial score (nSPS) is 10.1. The molecule has 24 heavy (non-hydrogen) atoms. The topological polar surface area (TPSA) is 55.8 Å². The van der Waals surface area contributed by atoms with Crippen molar-refractivity contribution in [3.8, 4) is 5.75 Å². The lowest BCUT2D eigenvalue weighted by Crippen LogP contribution is -2.31. The van der Waals surface area contributed by atoms with E-state index < -0.39 is 5.97 Å². The zero-order valence-electron chi connectivity index (χ0n) is 14.1. The highest BCUT2D eigenvalue weighted by molar-refractivity contribution is 5.94. The Balaban J connectivity index is 1.79. The van der Waals surface area contributed by atoms with E-state index in [1.807, 2.05) is 62.4 Å². The summed E-state index contributed by atoms with van der Waals surface area (Å²) in [6, 6.07) is 14.9. The fourth-order valence-corrected chi connectivity index (χ4v) is 2.23. The number of rotatable bonds is 6. The minimum Gasteiger partial charge on any atom is -0.482 e. The molecule has 0 aromatic heterocycles. The lowest BCUT2D eigenvalue weighted by Gasteiger charge is -2.17. The van der Waals surface area contributed by atoms with Crippen LogP contribution in [0.5, 0.6) is 5.75 Å². The first-order chi connectivity index (χ1) is 11.5. The van der Waals surface area contributed by atoms with Gasteiger partial charge in [-0.2, -0.15) is 0 Å². The molecule has 5 heteroatoms. The highest BCUT2D eigenvalue weighted by atomic mass is 16.6. The van der Waals surface area contributed by atoms with Gasteiger partial charge in [-0.1, -0.05) is 24.3 Å². The summed E-state index contributed by atoms with van der Waals surface area (Å²) >= 11 is 0. The number of amides is 1. The van der Waals surface area contributed by atoms with Crippen molar-refractivity contribution in [3.63, 3.8) is 0 Å². The fraction of sp³-hybridized carbons (Fsp3) is 0.263. The SMILES string of the molecule is Cc1cc(C)cc(OCC(=O)OCC(=O)N(C)c2ccccc2)c1. The molecular weight excluding hydrogens is 306 g/mol. The van der Waals surface area contributed by atoms with Crippen LogP contribution in [0.1, 0.15) is 11.1 Å². The Bertz CT molecular complexity index is 692. The van der Waals surface area contributed by atoms with Gasteiger partial charge in [0, 0.05) is 12.7 Å². The van der Waals surface area contributed by atoms with Crippen LogP contribution in [0.3, 0.4) is 0 Å². The Kier molecular flexibility index (Phi) is 5.95. The number of benzene rings is 2. The van der Waals surface area contributed by atoms with E-state index in [9.17, 15) is 9.59 Å². The number of likely N-dealkylation sites (N-methyl/N-ethyl adjacent to an activating group) is 1. The van der Waals surface area contributed by atoms with Crippen LogP contribution in [-0.4, -0.2) is 32.1 Å². The summed E-state index contributed by atoms with van der Waals surface area (Å²) in [5.74, 6) is -0.276. The number of nitrogens with zero attached hydrogens (tertiary/aromatic N) is 1. The van der Waals surface area contributed by atoms with Crippen molar-refractivity contribution in [1.82, 2.24) is 0 Å². The number of hydrogen-bond donors (Lipinski definition) is 0. The number of hydrogen-bond acceptors (Lipinski definition) is 4. The molecular formula is C19H21NO4. The van der Waals surface area contributed by atoms with Gasteiger partial charge in [-0.3, -0.25) is 4.79 Å². The second-order valence-corrected chi connectivity index (χ2v) is 5.56. The van der Waals surface area contributed by atoms with E-state index in [1.165, 1.54) is 4.90 Å². The van der Waals surface area contributed by atoms with Gasteiger partial charge >= 0.3 is 5.97 Å². The number of aryl methyl sites for hydroxylation is 2. The van der Waals surface area contributed by atoms with E-state index in [2.05, 4.69) is 0 Å². The second kappa shape index (κ2) is 8.15. The monoisotopic (exact) mass is 327 g/mol. The van der Waals surface area contributed by atoms with E-state index in [1.54, 1.807) is 7.05 Å². The number of anilines is 1. The molecule has 0 heterocycles. The van der Waals surface area contributed by atoms with Crippen LogP contribution in [0.2, 0.25) is 0 Å². The van der Waals surface area contributed by atoms with E-state index in [-0.39, 0.29) is 19.1 Å². The van der Waals surface area contributed by atoms with E-state index in [0.717, 1.165) is 16.8 Å². The zero-order valence-corrected chi connectivity index (χ0v) is 14.1. The van der Waals surface area contributed by atoms with Gasteiger partial charge in [-0.15, -0.1) is 0 Å². The predicted molar refractivity (Wildman–Crippen MR) is 92.2 cm³/mol. The second-order valence-electron chi connectivity index (χ2n) is 5.56. The summed E-state index contributed by atoms with van der Waals surface area (Å²) in [5.41, 5.74) is 2.85. The smallest absolute Gasteiger partial charge is 0.344 e. The van der Waals surface area contributed by atoms with Gasteiger partial charge in [-0.25, -0.2) is 4.79 Å². The Morgan fingerprint density at radius 1 is 0.958 bits per heavy atom. The molecule has 1 amide bonds. The average molecular weight is 327 g/mol. The summed E-state index contributed by atoms with van der Waals surface area (Å²) in [5, 5.41) is 0. The van der Waals surface area contributed by atoms with E-state index >= 15 is 0 Å². The molecule has 0 saturated heterocycles. The van der Waals surface area contributed by atoms with Crippen molar-refractivity contribution in [2.24, 2.45) is 0 Å². The van der Waals surface area contributed by atoms with Crippen LogP contribution >= 0.6 is 0 Å². The molecule has 0 aliphatic carbocycles. The third-order valence-corrected chi connectivity index (χ3v) is 3.43. The Morgan fingerprint density at radius 2 is 1.58 bits per heavy atom. The third kappa shape index (κ3) is 5.12. The first-order valence-corrected chi connectivity index (χ1v) is 7.64. The van der Waals surface area contributed by atoms with Crippen LogP contribution in [0.15, 0.2) is 48.5 Å². The fourth-order valence-electron chi connectivity index (χ4n) is 2.23. The number of para-hydroxylation sites is 1. The number of carbonyl (C=O) groups is 2. The van der Waals surface area contributed by atoms with Crippen molar-refractivity contribution in [2.75, 3.05) is 25.2 Å². The molecule has 0 unspecified atom stereocenters. The summed E-state index contributed by atoms with van der Waals surface area (Å²) in [4.78, 5) is 25.2. The van der Waals surface area contributed by atoms with Crippen LogP contribution in [0, 0.1) is 13.8 Å². The molecule has 126 valence electrons. The summed E-state index contributed by atoms with van der Waals surface area (Å²) in [7, 11) is 1.64. The van der Waals surface area contributed by atoms with Crippen molar-refractivity contribution in [3.05, 3.63) is 59.7 Å². The quantitative estimate of drug-likeness (QED) is 0.766. The predicted octanol–water partition coefficient (Wildman–Crippen LogP) is 2.89. The summed E-state index contributed by atoms with van der Waals surface area (Å²) in [6.07, 6.45) is 0. The Morgan fingerprint density at radius 3 is 2.21 bits per heavy atom. The maximum atomic E-state index is 12.0. The molecule has 0 N–H and O–H groups in total. The molecule has 5 nitrogen and oxygen atoms in total. The molecule has 2 aromatic rings. The highest BCUT2D eigenvalue weighted by Crippen LogP contribution is 2.16. The largest absolute Gasteiger partial charge is 0.482 e. The Labute approximate surface area is 141 Å². The van der Waals surface area contributed by atoms with Gasteiger partial charge in [0.2, 0.25) is 0 Å². The molecule has 0 atom stereocenters. The minimum atomic E-state index is -0.580. The molecule has 0 spiro atoms. The van der Waals surface area contributed by atoms with E-state index in [0.29, 0.717) is 5.75 Å². The molecule has 0 aliphatic rings. The molecule has 0 bridgehead atoms. The first-order valence-electron chi connectivity index (χ1n) is 7.64. The number of carbonyl (C=O) groups excluding carboxylic acids is 2. The minimum absolute atomic E-state index is 0.231. The van der Waals surface area contributed by atoms with Gasteiger partial charge in [0.25, 0.3) is 5.91 Å². The summed E-state index contributed by atoms with van der Waals surface area (Å²) in [6.45, 7) is 3.36. The molecule has 2 rings (SSSR count). The van der Waals surface area contributed by atoms with Crippen LogP contribution in [0.4, 0.5) is 5.69 Å². The standard InChI is InChI=1S/C19H21NO4/c1-14-9-15(2)11-17(10-14)23-13-19(22)24-12-18(21)20(3)16-7-5-4-6-8-16/h4-11H,12-13H2,1-3H3. The van der Waals surface area contributed by atoms with Gasteiger partial charge in [0.1, 0.15) is 5.75 Å². The Hall–Kier alpha value is -2.82. The maximum absolute atomic E-state index is 12.0. The molecule has 2 aromatic carbocycles. The lowest BCUT2D eigenvalue weighted by molar-refractivity contribution is -0.149. The van der Waals surface area contributed by atoms with E-state index in [4.69, 9.17) is 9.47 Å². The summed E-state index contributed by atoms with van der Waals surface area (Å²) < 4.78 is 10.4. The average Bonchev–Trinajstić information content (AvgIpc) is 2.57. The van der Waals surface area contributed by atoms with Crippen LogP contribution in [0.25, 0.3) is 0 Å². The van der Waals surface area contributed by atoms with Gasteiger partial charge in [0.15, 0.2) is 13.2 Å². The zero-order chi connectivity index (χ0) is 17.5. The molecule has 0 radical (unpaired) electrons. The van der Waals surface area contributed by atoms with Crippen molar-refractivity contribution >= 4 is 17.6 Å². The van der Waals surface area contributed by atoms with Gasteiger partial charge in [0.05, 0.1) is 0 Å². The van der Waals surface area contributed by atoms with Crippen molar-refractivity contribution in [1.29, 1.82) is 0 Å². The van der Waals surface area contributed by atoms with Crippen LogP contribution in [-0.2, 0) is 14.3 Å². The lowest BCUT2D eigenvalue weighted by atomic mass is 10.1. The number of esters is 1. The molecule has 0 saturated carbocycles. The third-order valence-electron chi connectivity index (χ3n) is 3.43.